The summed E-state index contributed by atoms with van der Waals surface area (Å²) in [6, 6.07) is 11.8. The van der Waals surface area contributed by atoms with Crippen molar-refractivity contribution in [3.05, 3.63) is 65.1 Å². The number of rotatable bonds is 8. The molecule has 4 fully saturated rings. The predicted molar refractivity (Wildman–Crippen MR) is 212 cm³/mol. The highest BCUT2D eigenvalue weighted by molar-refractivity contribution is 6.01. The zero-order valence-corrected chi connectivity index (χ0v) is 32.7. The lowest BCUT2D eigenvalue weighted by Gasteiger charge is -2.20. The molecule has 9 rings (SSSR count). The Morgan fingerprint density at radius 3 is 2.00 bits per heavy atom. The largest absolute Gasteiger partial charge is 0.393 e. The summed E-state index contributed by atoms with van der Waals surface area (Å²) in [5, 5.41) is 40.2. The number of carbonyl (C=O) groups excluding carboxylic acids is 3. The Balaban J connectivity index is 0.000000160. The van der Waals surface area contributed by atoms with Crippen LogP contribution in [-0.2, 0) is 14.4 Å². The van der Waals surface area contributed by atoms with Crippen LogP contribution in [0.3, 0.4) is 0 Å². The molecule has 2 aromatic carbocycles. The molecule has 5 aromatic rings. The number of aryl methyl sites for hydroxylation is 4. The number of benzene rings is 2. The standard InChI is InChI=1S/C21H26N4O4.C21H24N4O3/c1-11-20(12(2)29-25-11)13-3-6-16(22-14-4-5-15(26)10-14)18(9-13)24-21(28)17-7-8-19(27)23-17;1-11-20(12(2)28-24-11)13-3-7-18-17(9-13)23-21(16-6-8-19(27)22-16)25(18)14-4-5-15(26)10-14/h3,6,9,14-15,17,22,26H,4-5,7-8,10H2,1-2H3,(H,23,27)(H,24,28);3,7,9,14-16,26H,4-6,8,10H2,1-2H3,(H,22,27)/t14-,15-,17+;14-,15-,16+/m11/s1. The Morgan fingerprint density at radius 1 is 0.772 bits per heavy atom. The van der Waals surface area contributed by atoms with E-state index in [0.29, 0.717) is 37.1 Å². The van der Waals surface area contributed by atoms with Gasteiger partial charge < -0.3 is 45.1 Å². The van der Waals surface area contributed by atoms with Crippen molar-refractivity contribution >= 4 is 40.1 Å². The second-order valence-corrected chi connectivity index (χ2v) is 15.9. The first-order chi connectivity index (χ1) is 27.4. The third-order valence-electron chi connectivity index (χ3n) is 11.8. The van der Waals surface area contributed by atoms with E-state index >= 15 is 0 Å². The van der Waals surface area contributed by atoms with E-state index in [1.54, 1.807) is 0 Å². The lowest BCUT2D eigenvalue weighted by molar-refractivity contribution is -0.122. The monoisotopic (exact) mass is 778 g/mol. The molecule has 3 amide bonds. The molecule has 15 nitrogen and oxygen atoms in total. The lowest BCUT2D eigenvalue weighted by atomic mass is 10.0. The molecule has 4 aliphatic rings. The van der Waals surface area contributed by atoms with Gasteiger partial charge in [0.1, 0.15) is 23.4 Å². The second-order valence-electron chi connectivity index (χ2n) is 15.9. The number of imidazole rings is 1. The van der Waals surface area contributed by atoms with E-state index in [-0.39, 0.29) is 48.1 Å². The van der Waals surface area contributed by atoms with Crippen molar-refractivity contribution in [2.75, 3.05) is 10.6 Å². The Morgan fingerprint density at radius 2 is 1.42 bits per heavy atom. The fourth-order valence-electron chi connectivity index (χ4n) is 8.94. The van der Waals surface area contributed by atoms with Crippen LogP contribution in [0.4, 0.5) is 11.4 Å². The first kappa shape index (κ1) is 38.3. The fraction of sp³-hybridized carbons (Fsp3) is 0.476. The number of aromatic nitrogens is 4. The van der Waals surface area contributed by atoms with Gasteiger partial charge in [-0.3, -0.25) is 14.4 Å². The van der Waals surface area contributed by atoms with Crippen molar-refractivity contribution in [2.24, 2.45) is 0 Å². The van der Waals surface area contributed by atoms with E-state index in [1.165, 1.54) is 0 Å². The van der Waals surface area contributed by atoms with Crippen molar-refractivity contribution < 1.29 is 33.6 Å². The number of fused-ring (bicyclic) bond motifs is 1. The molecule has 6 N–H and O–H groups in total. The minimum absolute atomic E-state index is 0.0693. The van der Waals surface area contributed by atoms with Crippen molar-refractivity contribution in [1.82, 2.24) is 30.5 Å². The van der Waals surface area contributed by atoms with Gasteiger partial charge in [-0.25, -0.2) is 4.98 Å². The first-order valence-electron chi connectivity index (χ1n) is 20.0. The van der Waals surface area contributed by atoms with Crippen LogP contribution in [0.1, 0.15) is 105 Å². The topological polar surface area (TPSA) is 210 Å². The van der Waals surface area contributed by atoms with E-state index in [0.717, 1.165) is 100 Å². The highest BCUT2D eigenvalue weighted by atomic mass is 16.5. The molecule has 3 aromatic heterocycles. The smallest absolute Gasteiger partial charge is 0.247 e. The number of hydrogen-bond acceptors (Lipinski definition) is 11. The summed E-state index contributed by atoms with van der Waals surface area (Å²) in [6.07, 6.45) is 6.36. The zero-order chi connectivity index (χ0) is 40.0. The maximum absolute atomic E-state index is 12.7. The highest BCUT2D eigenvalue weighted by Crippen LogP contribution is 2.39. The lowest BCUT2D eigenvalue weighted by Crippen LogP contribution is -2.37. The van der Waals surface area contributed by atoms with Crippen LogP contribution in [0, 0.1) is 27.7 Å². The third kappa shape index (κ3) is 7.90. The number of nitrogens with zero attached hydrogens (tertiary/aromatic N) is 4. The van der Waals surface area contributed by atoms with Gasteiger partial charge in [-0.15, -0.1) is 0 Å². The summed E-state index contributed by atoms with van der Waals surface area (Å²) in [7, 11) is 0. The van der Waals surface area contributed by atoms with Crippen LogP contribution in [0.15, 0.2) is 45.4 Å². The summed E-state index contributed by atoms with van der Waals surface area (Å²) in [4.78, 5) is 40.9. The number of anilines is 2. The molecule has 300 valence electrons. The van der Waals surface area contributed by atoms with Crippen molar-refractivity contribution in [3.8, 4) is 22.3 Å². The van der Waals surface area contributed by atoms with Crippen LogP contribution < -0.4 is 21.3 Å². The molecule has 2 saturated heterocycles. The van der Waals surface area contributed by atoms with Crippen LogP contribution in [0.25, 0.3) is 33.3 Å². The minimum Gasteiger partial charge on any atom is -0.393 e. The molecule has 5 heterocycles. The van der Waals surface area contributed by atoms with Gasteiger partial charge in [0.2, 0.25) is 17.7 Å². The van der Waals surface area contributed by atoms with Gasteiger partial charge >= 0.3 is 0 Å². The second kappa shape index (κ2) is 15.8. The van der Waals surface area contributed by atoms with Crippen LogP contribution in [0.5, 0.6) is 0 Å². The maximum Gasteiger partial charge on any atom is 0.247 e. The molecule has 0 unspecified atom stereocenters. The van der Waals surface area contributed by atoms with E-state index < -0.39 is 6.04 Å². The average Bonchev–Trinajstić information content (AvgIpc) is 4.05. The van der Waals surface area contributed by atoms with Crippen LogP contribution in [-0.4, -0.2) is 72.1 Å². The van der Waals surface area contributed by atoms with Crippen molar-refractivity contribution in [1.29, 1.82) is 0 Å². The molecule has 0 spiro atoms. The average molecular weight is 779 g/mol. The minimum atomic E-state index is -0.522. The number of hydrogen-bond donors (Lipinski definition) is 6. The summed E-state index contributed by atoms with van der Waals surface area (Å²) in [5.74, 6) is 2.14. The van der Waals surface area contributed by atoms with Crippen molar-refractivity contribution in [2.45, 2.75) is 128 Å². The van der Waals surface area contributed by atoms with Gasteiger partial charge in [-0.2, -0.15) is 0 Å². The molecule has 0 bridgehead atoms. The number of aliphatic hydroxyl groups excluding tert-OH is 2. The predicted octanol–water partition coefficient (Wildman–Crippen LogP) is 5.85. The number of carbonyl (C=O) groups is 3. The summed E-state index contributed by atoms with van der Waals surface area (Å²) >= 11 is 0. The normalized spacial score (nSPS) is 24.4. The molecule has 15 heteroatoms. The molecule has 2 saturated carbocycles. The third-order valence-corrected chi connectivity index (χ3v) is 11.8. The maximum atomic E-state index is 12.7. The Labute approximate surface area is 330 Å². The SMILES string of the molecule is Cc1noc(C)c1-c1ccc(N[C@@H]2CC[C@@H](O)C2)c(NC(=O)[C@@H]2CCC(=O)N2)c1.Cc1noc(C)c1-c1ccc2c(c1)nc([C@@H]1CCC(=O)N1)n2[C@@H]1CC[C@@H](O)C1. The summed E-state index contributed by atoms with van der Waals surface area (Å²) in [5.41, 5.74) is 8.83. The number of nitrogens with one attached hydrogen (secondary N) is 4. The van der Waals surface area contributed by atoms with E-state index in [1.807, 2.05) is 45.9 Å². The molecule has 0 radical (unpaired) electrons. The van der Waals surface area contributed by atoms with Gasteiger partial charge in [-0.1, -0.05) is 22.4 Å². The van der Waals surface area contributed by atoms with Gasteiger partial charge in [0.25, 0.3) is 0 Å². The summed E-state index contributed by atoms with van der Waals surface area (Å²) in [6.45, 7) is 7.59. The fourth-order valence-corrected chi connectivity index (χ4v) is 8.94. The quantitative estimate of drug-likeness (QED) is 0.110. The Kier molecular flexibility index (Phi) is 10.6. The molecule has 2 aliphatic heterocycles. The molecule has 57 heavy (non-hydrogen) atoms. The van der Waals surface area contributed by atoms with Gasteiger partial charge in [0.15, 0.2) is 0 Å². The summed E-state index contributed by atoms with van der Waals surface area (Å²) < 4.78 is 12.9. The van der Waals surface area contributed by atoms with Gasteiger partial charge in [0.05, 0.1) is 52.0 Å². The Bertz CT molecular complexity index is 2290. The first-order valence-corrected chi connectivity index (χ1v) is 20.0. The zero-order valence-electron chi connectivity index (χ0n) is 32.7. The van der Waals surface area contributed by atoms with Crippen LogP contribution in [0.2, 0.25) is 0 Å². The molecular weight excluding hydrogens is 729 g/mol. The van der Waals surface area contributed by atoms with E-state index in [9.17, 15) is 24.6 Å². The van der Waals surface area contributed by atoms with Gasteiger partial charge in [0, 0.05) is 36.1 Å². The molecular formula is C42H50N8O7. The van der Waals surface area contributed by atoms with E-state index in [2.05, 4.69) is 54.3 Å². The van der Waals surface area contributed by atoms with E-state index in [4.69, 9.17) is 14.0 Å². The van der Waals surface area contributed by atoms with Crippen LogP contribution >= 0.6 is 0 Å². The number of aliphatic hydroxyl groups is 2. The highest BCUT2D eigenvalue weighted by Gasteiger charge is 2.34. The van der Waals surface area contributed by atoms with Gasteiger partial charge in [-0.05, 0) is 114 Å². The van der Waals surface area contributed by atoms with Crippen molar-refractivity contribution in [3.63, 3.8) is 0 Å². The molecule has 2 aliphatic carbocycles. The molecule has 6 atom stereocenters. The Hall–Kier alpha value is -5.54. The number of amides is 3.